The molecule has 376 valence electrons. The first-order valence-electron chi connectivity index (χ1n) is 24.7. The summed E-state index contributed by atoms with van der Waals surface area (Å²) in [5.74, 6) is 1.29. The van der Waals surface area contributed by atoms with Crippen molar-refractivity contribution >= 4 is 23.4 Å². The molecular formula is C49H98N8O7. The third kappa shape index (κ3) is 33.9. The van der Waals surface area contributed by atoms with E-state index in [0.29, 0.717) is 72.1 Å². The van der Waals surface area contributed by atoms with Gasteiger partial charge in [-0.1, -0.05) is 75.8 Å². The molecular weight excluding hydrogens is 813 g/mol. The monoisotopic (exact) mass is 911 g/mol. The summed E-state index contributed by atoms with van der Waals surface area (Å²) in [5.41, 5.74) is 1.19. The number of aliphatic hydroxyl groups is 2. The number of aliphatic hydroxyl groups excluding tert-OH is 2. The Balaban J connectivity index is 0.000000745. The molecule has 0 aromatic rings. The quantitative estimate of drug-likeness (QED) is 0.110. The number of likely N-dealkylation sites (tertiary alicyclic amines) is 1. The number of piperidine rings is 3. The zero-order valence-electron chi connectivity index (χ0n) is 42.5. The molecule has 2 aliphatic carbocycles. The molecule has 10 N–H and O–H groups in total. The topological polar surface area (TPSA) is 216 Å². The SMILES string of the molecule is C=C1CC[C@H](NC(C)C)CN1.CC(C)N1CCC(O)CC1.CC(C)NC[C@@H]1CCC(=O)C1.CC(C)NC[C@H]1CCC(=O)C1.CC(C)N[C@@H](CO)C(=O)O.CC(C)N[C@@H]1CCC(=O)NC1. The second-order valence-corrected chi connectivity index (χ2v) is 20.1. The number of carboxylic acids is 1. The Morgan fingerprint density at radius 3 is 1.39 bits per heavy atom. The summed E-state index contributed by atoms with van der Waals surface area (Å²) in [6.45, 7) is 34.7. The minimum atomic E-state index is -1.02. The molecule has 5 atom stereocenters. The number of rotatable bonds is 15. The van der Waals surface area contributed by atoms with Gasteiger partial charge in [0.1, 0.15) is 17.6 Å². The molecule has 3 heterocycles. The van der Waals surface area contributed by atoms with Gasteiger partial charge in [-0.2, -0.15) is 0 Å². The molecule has 0 radical (unpaired) electrons. The Hall–Kier alpha value is -2.50. The van der Waals surface area contributed by atoms with Crippen LogP contribution < -0.4 is 37.2 Å². The van der Waals surface area contributed by atoms with Crippen molar-refractivity contribution < 1.29 is 34.5 Å². The maximum Gasteiger partial charge on any atom is 0.323 e. The molecule has 5 aliphatic rings. The van der Waals surface area contributed by atoms with Crippen molar-refractivity contribution in [3.63, 3.8) is 0 Å². The van der Waals surface area contributed by atoms with Gasteiger partial charge in [0.15, 0.2) is 0 Å². The van der Waals surface area contributed by atoms with Crippen LogP contribution in [0.5, 0.6) is 0 Å². The number of Topliss-reactive ketones (excluding diaryl/α,β-unsaturated/α-hetero) is 2. The lowest BCUT2D eigenvalue weighted by atomic mass is 10.1. The molecule has 5 rings (SSSR count). The van der Waals surface area contributed by atoms with Crippen LogP contribution in [0.2, 0.25) is 0 Å². The lowest BCUT2D eigenvalue weighted by molar-refractivity contribution is -0.140. The van der Waals surface area contributed by atoms with Crippen molar-refractivity contribution in [2.45, 2.75) is 221 Å². The van der Waals surface area contributed by atoms with Crippen molar-refractivity contribution in [3.05, 3.63) is 12.3 Å². The summed E-state index contributed by atoms with van der Waals surface area (Å²) in [4.78, 5) is 45.1. The number of ketones is 2. The molecule has 5 fully saturated rings. The predicted molar refractivity (Wildman–Crippen MR) is 262 cm³/mol. The molecule has 15 heteroatoms. The summed E-state index contributed by atoms with van der Waals surface area (Å²) < 4.78 is 0. The first kappa shape index (κ1) is 61.5. The third-order valence-corrected chi connectivity index (χ3v) is 11.4. The molecule has 0 aromatic heterocycles. The normalized spacial score (nSPS) is 23.2. The number of aliphatic carboxylic acids is 1. The molecule has 3 saturated heterocycles. The number of nitrogens with zero attached hydrogens (tertiary/aromatic N) is 1. The largest absolute Gasteiger partial charge is 0.480 e. The van der Waals surface area contributed by atoms with E-state index in [2.05, 4.69) is 118 Å². The number of amides is 1. The van der Waals surface area contributed by atoms with Gasteiger partial charge in [0.2, 0.25) is 5.91 Å². The van der Waals surface area contributed by atoms with Crippen molar-refractivity contribution in [3.8, 4) is 0 Å². The molecule has 0 aromatic carbocycles. The van der Waals surface area contributed by atoms with Crippen LogP contribution in [-0.2, 0) is 19.2 Å². The highest BCUT2D eigenvalue weighted by atomic mass is 16.4. The molecule has 15 nitrogen and oxygen atoms in total. The van der Waals surface area contributed by atoms with Gasteiger partial charge in [0.05, 0.1) is 12.7 Å². The molecule has 0 unspecified atom stereocenters. The van der Waals surface area contributed by atoms with Crippen LogP contribution in [-0.4, -0.2) is 150 Å². The van der Waals surface area contributed by atoms with Crippen molar-refractivity contribution in [2.24, 2.45) is 11.8 Å². The smallest absolute Gasteiger partial charge is 0.323 e. The number of hydrogen-bond acceptors (Lipinski definition) is 13. The molecule has 0 bridgehead atoms. The number of hydrogen-bond donors (Lipinski definition) is 10. The highest BCUT2D eigenvalue weighted by Gasteiger charge is 2.23. The number of allylic oxidation sites excluding steroid dienone is 1. The Labute approximate surface area is 389 Å². The van der Waals surface area contributed by atoms with E-state index in [0.717, 1.165) is 103 Å². The summed E-state index contributed by atoms with van der Waals surface area (Å²) >= 11 is 0. The maximum atomic E-state index is 10.9. The summed E-state index contributed by atoms with van der Waals surface area (Å²) in [6, 6.07) is 3.20. The minimum Gasteiger partial charge on any atom is -0.480 e. The van der Waals surface area contributed by atoms with Crippen molar-refractivity contribution in [1.82, 2.24) is 42.1 Å². The molecule has 1 amide bonds. The van der Waals surface area contributed by atoms with E-state index in [1.807, 2.05) is 13.8 Å². The first-order valence-corrected chi connectivity index (χ1v) is 24.7. The van der Waals surface area contributed by atoms with Crippen LogP contribution in [0.15, 0.2) is 12.3 Å². The van der Waals surface area contributed by atoms with Gasteiger partial charge in [0, 0.05) is 112 Å². The fourth-order valence-electron chi connectivity index (χ4n) is 7.71. The van der Waals surface area contributed by atoms with Crippen LogP contribution >= 0.6 is 0 Å². The molecule has 2 saturated carbocycles. The second-order valence-electron chi connectivity index (χ2n) is 20.1. The van der Waals surface area contributed by atoms with E-state index < -0.39 is 12.0 Å². The number of carbonyl (C=O) groups excluding carboxylic acids is 3. The molecule has 64 heavy (non-hydrogen) atoms. The van der Waals surface area contributed by atoms with Crippen molar-refractivity contribution in [1.29, 1.82) is 0 Å². The van der Waals surface area contributed by atoms with Crippen LogP contribution in [0, 0.1) is 11.8 Å². The van der Waals surface area contributed by atoms with Gasteiger partial charge in [-0.15, -0.1) is 0 Å². The number of carboxylic acid groups (broad SMARTS) is 1. The second kappa shape index (κ2) is 35.7. The summed E-state index contributed by atoms with van der Waals surface area (Å²) in [5, 5.41) is 48.5. The van der Waals surface area contributed by atoms with E-state index >= 15 is 0 Å². The maximum absolute atomic E-state index is 10.9. The van der Waals surface area contributed by atoms with Gasteiger partial charge in [-0.25, -0.2) is 0 Å². The van der Waals surface area contributed by atoms with Crippen LogP contribution in [0.4, 0.5) is 0 Å². The van der Waals surface area contributed by atoms with E-state index in [1.54, 1.807) is 0 Å². The van der Waals surface area contributed by atoms with E-state index in [9.17, 15) is 24.3 Å². The van der Waals surface area contributed by atoms with Gasteiger partial charge in [0.25, 0.3) is 0 Å². The zero-order valence-corrected chi connectivity index (χ0v) is 42.5. The average Bonchev–Trinajstić information content (AvgIpc) is 3.84. The van der Waals surface area contributed by atoms with E-state index in [4.69, 9.17) is 10.2 Å². The van der Waals surface area contributed by atoms with Gasteiger partial charge < -0.3 is 57.4 Å². The highest BCUT2D eigenvalue weighted by molar-refractivity contribution is 5.81. The fraction of sp³-hybridized carbons (Fsp3) is 0.878. The molecule has 0 spiro atoms. The van der Waals surface area contributed by atoms with E-state index in [-0.39, 0.29) is 24.7 Å². The van der Waals surface area contributed by atoms with Crippen LogP contribution in [0.1, 0.15) is 160 Å². The standard InChI is InChI=1S/C9H18N2.2C9H17NO.C8H16N2O.C8H17NO.C6H13NO3/c1-7(2)11-9-5-4-8(3)10-6-9;2*1-7(2)10-6-8-3-4-9(11)5-8;1-6(2)10-7-3-4-8(11)9-5-7;1-7(2)9-5-3-8(10)4-6-9;1-4(2)7-5(3-8)6(9)10/h7,9-11H,3-6H2,1-2H3;2*7-8,10H,3-6H2,1-2H3;6-7,10H,3-5H2,1-2H3,(H,9,11);7-8,10H,3-6H2,1-2H3;4-5,7-8H,3H2,1-2H3,(H,9,10)/t9-;2*8-;7-;;5-/m0101.0/s1. The minimum absolute atomic E-state index is 0.0324. The Morgan fingerprint density at radius 2 is 1.11 bits per heavy atom. The van der Waals surface area contributed by atoms with Crippen molar-refractivity contribution in [2.75, 3.05) is 45.9 Å². The Bertz CT molecular complexity index is 1180. The Kier molecular flexibility index (Phi) is 34.3. The average molecular weight is 911 g/mol. The Morgan fingerprint density at radius 1 is 0.656 bits per heavy atom. The lowest BCUT2D eigenvalue weighted by Gasteiger charge is -2.32. The predicted octanol–water partition coefficient (Wildman–Crippen LogP) is 4.50. The summed E-state index contributed by atoms with van der Waals surface area (Å²) in [7, 11) is 0. The van der Waals surface area contributed by atoms with Crippen LogP contribution in [0.3, 0.4) is 0 Å². The third-order valence-electron chi connectivity index (χ3n) is 11.4. The number of carbonyl (C=O) groups is 4. The van der Waals surface area contributed by atoms with Crippen LogP contribution in [0.25, 0.3) is 0 Å². The van der Waals surface area contributed by atoms with Gasteiger partial charge in [-0.05, 0) is 83.7 Å². The van der Waals surface area contributed by atoms with Gasteiger partial charge >= 0.3 is 5.97 Å². The van der Waals surface area contributed by atoms with Gasteiger partial charge in [-0.3, -0.25) is 19.2 Å². The first-order chi connectivity index (χ1) is 30.0. The number of nitrogens with one attached hydrogen (secondary N) is 7. The lowest BCUT2D eigenvalue weighted by Crippen LogP contribution is -2.47. The van der Waals surface area contributed by atoms with E-state index in [1.165, 1.54) is 12.1 Å². The zero-order chi connectivity index (χ0) is 48.8. The molecule has 3 aliphatic heterocycles. The highest BCUT2D eigenvalue weighted by Crippen LogP contribution is 2.21. The summed E-state index contributed by atoms with van der Waals surface area (Å²) in [6.07, 6.45) is 11.3. The fourth-order valence-corrected chi connectivity index (χ4v) is 7.71.